The topological polar surface area (TPSA) is 136 Å². The number of primary sulfonamides is 1. The second-order valence-electron chi connectivity index (χ2n) is 6.85. The third kappa shape index (κ3) is 5.05. The van der Waals surface area contributed by atoms with Crippen molar-refractivity contribution in [3.63, 3.8) is 0 Å². The average molecular weight is 454 g/mol. The Hall–Kier alpha value is -2.31. The molecule has 1 aliphatic heterocycles. The average Bonchev–Trinajstić information content (AvgIpc) is 2.74. The smallest absolute Gasteiger partial charge is 0.251 e. The highest BCUT2D eigenvalue weighted by Gasteiger charge is 2.26. The fraction of sp³-hybridized carbons (Fsp3) is 0.316. The van der Waals surface area contributed by atoms with Crippen molar-refractivity contribution in [1.29, 1.82) is 0 Å². The van der Waals surface area contributed by atoms with Crippen molar-refractivity contribution in [2.75, 3.05) is 26.3 Å². The van der Waals surface area contributed by atoms with Crippen LogP contribution in [0, 0.1) is 0 Å². The molecule has 1 aliphatic rings. The van der Waals surface area contributed by atoms with Crippen molar-refractivity contribution in [1.82, 2.24) is 9.62 Å². The molecule has 2 aromatic rings. The first kappa shape index (κ1) is 22.4. The Balaban J connectivity index is 1.72. The van der Waals surface area contributed by atoms with Crippen LogP contribution in [0.15, 0.2) is 58.3 Å². The Morgan fingerprint density at radius 1 is 1.03 bits per heavy atom. The fourth-order valence-electron chi connectivity index (χ4n) is 3.04. The molecule has 0 bridgehead atoms. The minimum Gasteiger partial charge on any atom is -0.379 e. The number of hydrogen-bond donors (Lipinski definition) is 2. The van der Waals surface area contributed by atoms with E-state index in [-0.39, 0.29) is 15.4 Å². The molecule has 30 heavy (non-hydrogen) atoms. The minimum atomic E-state index is -3.85. The lowest BCUT2D eigenvalue weighted by Gasteiger charge is -2.26. The number of nitrogens with two attached hydrogens (primary N) is 1. The van der Waals surface area contributed by atoms with Gasteiger partial charge in [0.15, 0.2) is 0 Å². The van der Waals surface area contributed by atoms with Crippen LogP contribution in [0.5, 0.6) is 0 Å². The van der Waals surface area contributed by atoms with Crippen LogP contribution < -0.4 is 10.5 Å². The number of hydrogen-bond acceptors (Lipinski definition) is 6. The van der Waals surface area contributed by atoms with Gasteiger partial charge in [-0.1, -0.05) is 12.1 Å². The Bertz CT molecular complexity index is 1130. The second kappa shape index (κ2) is 8.82. The summed E-state index contributed by atoms with van der Waals surface area (Å²) in [7, 11) is -7.49. The third-order valence-corrected chi connectivity index (χ3v) is 7.58. The van der Waals surface area contributed by atoms with Gasteiger partial charge in [-0.25, -0.2) is 22.0 Å². The number of rotatable bonds is 6. The zero-order chi connectivity index (χ0) is 21.9. The van der Waals surface area contributed by atoms with Gasteiger partial charge in [-0.3, -0.25) is 4.79 Å². The number of ether oxygens (including phenoxy) is 1. The molecule has 1 unspecified atom stereocenters. The number of sulfonamides is 2. The van der Waals surface area contributed by atoms with Crippen molar-refractivity contribution in [3.8, 4) is 0 Å². The van der Waals surface area contributed by atoms with Gasteiger partial charge in [0.1, 0.15) is 0 Å². The lowest BCUT2D eigenvalue weighted by atomic mass is 10.1. The van der Waals surface area contributed by atoms with Gasteiger partial charge >= 0.3 is 0 Å². The predicted molar refractivity (Wildman–Crippen MR) is 110 cm³/mol. The quantitative estimate of drug-likeness (QED) is 0.665. The largest absolute Gasteiger partial charge is 0.379 e. The molecule has 3 N–H and O–H groups in total. The molecule has 1 heterocycles. The van der Waals surface area contributed by atoms with Gasteiger partial charge in [0.05, 0.1) is 29.0 Å². The van der Waals surface area contributed by atoms with Crippen LogP contribution in [0.3, 0.4) is 0 Å². The molecular weight excluding hydrogens is 430 g/mol. The summed E-state index contributed by atoms with van der Waals surface area (Å²) in [5, 5.41) is 7.91. The first-order chi connectivity index (χ1) is 14.1. The predicted octanol–water partition coefficient (Wildman–Crippen LogP) is 0.846. The van der Waals surface area contributed by atoms with E-state index >= 15 is 0 Å². The summed E-state index contributed by atoms with van der Waals surface area (Å²) in [5.74, 6) is -0.418. The summed E-state index contributed by atoms with van der Waals surface area (Å²) in [6.45, 7) is 2.99. The second-order valence-corrected chi connectivity index (χ2v) is 10.4. The standard InChI is InChI=1S/C19H23N3O6S2/c1-14(16-3-2-4-18(13-16)29(20,24)25)21-19(23)15-5-7-17(8-6-15)30(26,27)22-9-11-28-12-10-22/h2-8,13-14H,9-12H2,1H3,(H,21,23)(H2,20,24,25). The molecule has 2 aromatic carbocycles. The Morgan fingerprint density at radius 3 is 2.27 bits per heavy atom. The van der Waals surface area contributed by atoms with Crippen LogP contribution in [0.4, 0.5) is 0 Å². The molecule has 3 rings (SSSR count). The van der Waals surface area contributed by atoms with Gasteiger partial charge in [0.25, 0.3) is 5.91 Å². The van der Waals surface area contributed by atoms with Gasteiger partial charge in [-0.05, 0) is 48.9 Å². The summed E-state index contributed by atoms with van der Waals surface area (Å²) >= 11 is 0. The first-order valence-corrected chi connectivity index (χ1v) is 12.2. The van der Waals surface area contributed by atoms with Gasteiger partial charge in [-0.2, -0.15) is 4.31 Å². The summed E-state index contributed by atoms with van der Waals surface area (Å²) in [6, 6.07) is 11.2. The lowest BCUT2D eigenvalue weighted by molar-refractivity contribution is 0.0730. The van der Waals surface area contributed by atoms with Crippen LogP contribution in [0.2, 0.25) is 0 Å². The number of carbonyl (C=O) groups is 1. The van der Waals surface area contributed by atoms with E-state index in [9.17, 15) is 21.6 Å². The van der Waals surface area contributed by atoms with E-state index in [1.165, 1.54) is 40.7 Å². The molecule has 1 atom stereocenters. The van der Waals surface area contributed by atoms with Gasteiger partial charge in [-0.15, -0.1) is 0 Å². The number of nitrogens with one attached hydrogen (secondary N) is 1. The van der Waals surface area contributed by atoms with Crippen LogP contribution in [0.1, 0.15) is 28.9 Å². The maximum absolute atomic E-state index is 12.7. The van der Waals surface area contributed by atoms with E-state index in [1.807, 2.05) is 0 Å². The first-order valence-electron chi connectivity index (χ1n) is 9.20. The van der Waals surface area contributed by atoms with Crippen LogP contribution >= 0.6 is 0 Å². The summed E-state index contributed by atoms with van der Waals surface area (Å²) in [6.07, 6.45) is 0. The van der Waals surface area contributed by atoms with Crippen molar-refractivity contribution < 1.29 is 26.4 Å². The van der Waals surface area contributed by atoms with Gasteiger partial charge < -0.3 is 10.1 Å². The van der Waals surface area contributed by atoms with E-state index in [0.717, 1.165) is 0 Å². The summed E-state index contributed by atoms with van der Waals surface area (Å²) in [4.78, 5) is 12.6. The molecule has 1 amide bonds. The van der Waals surface area contributed by atoms with Crippen molar-refractivity contribution in [3.05, 3.63) is 59.7 Å². The summed E-state index contributed by atoms with van der Waals surface area (Å²) < 4.78 is 54.9. The van der Waals surface area contributed by atoms with Crippen molar-refractivity contribution in [2.45, 2.75) is 22.8 Å². The fourth-order valence-corrected chi connectivity index (χ4v) is 5.02. The van der Waals surface area contributed by atoms with Gasteiger partial charge in [0.2, 0.25) is 20.0 Å². The third-order valence-electron chi connectivity index (χ3n) is 4.76. The number of benzene rings is 2. The van der Waals surface area contributed by atoms with Crippen LogP contribution in [-0.2, 0) is 24.8 Å². The normalized spacial score (nSPS) is 16.7. The molecule has 0 aromatic heterocycles. The molecular formula is C19H23N3O6S2. The zero-order valence-electron chi connectivity index (χ0n) is 16.3. The molecule has 0 radical (unpaired) electrons. The van der Waals surface area contributed by atoms with E-state index in [1.54, 1.807) is 19.1 Å². The molecule has 0 spiro atoms. The Kier molecular flexibility index (Phi) is 6.58. The minimum absolute atomic E-state index is 0.0428. The van der Waals surface area contributed by atoms with E-state index < -0.39 is 32.0 Å². The Labute approximate surface area is 175 Å². The van der Waals surface area contributed by atoms with E-state index in [4.69, 9.17) is 9.88 Å². The van der Waals surface area contributed by atoms with Crippen LogP contribution in [0.25, 0.3) is 0 Å². The molecule has 0 aliphatic carbocycles. The highest BCUT2D eigenvalue weighted by atomic mass is 32.2. The maximum Gasteiger partial charge on any atom is 0.251 e. The highest BCUT2D eigenvalue weighted by molar-refractivity contribution is 7.89. The zero-order valence-corrected chi connectivity index (χ0v) is 17.9. The van der Waals surface area contributed by atoms with Crippen molar-refractivity contribution in [2.24, 2.45) is 5.14 Å². The number of nitrogens with zero attached hydrogens (tertiary/aromatic N) is 1. The molecule has 0 saturated carbocycles. The van der Waals surface area contributed by atoms with Gasteiger partial charge in [0, 0.05) is 18.7 Å². The summed E-state index contributed by atoms with van der Waals surface area (Å²) in [5.41, 5.74) is 0.853. The number of morpholine rings is 1. The number of amides is 1. The lowest BCUT2D eigenvalue weighted by Crippen LogP contribution is -2.40. The molecule has 162 valence electrons. The van der Waals surface area contributed by atoms with Crippen molar-refractivity contribution >= 4 is 26.0 Å². The molecule has 11 heteroatoms. The maximum atomic E-state index is 12.7. The molecule has 1 fully saturated rings. The van der Waals surface area contributed by atoms with Crippen LogP contribution in [-0.4, -0.2) is 53.4 Å². The van der Waals surface area contributed by atoms with E-state index in [2.05, 4.69) is 5.32 Å². The highest BCUT2D eigenvalue weighted by Crippen LogP contribution is 2.20. The monoisotopic (exact) mass is 453 g/mol. The molecule has 9 nitrogen and oxygen atoms in total. The Morgan fingerprint density at radius 2 is 1.67 bits per heavy atom. The molecule has 1 saturated heterocycles. The van der Waals surface area contributed by atoms with E-state index in [0.29, 0.717) is 31.9 Å². The SMILES string of the molecule is CC(NC(=O)c1ccc(S(=O)(=O)N2CCOCC2)cc1)c1cccc(S(N)(=O)=O)c1. The number of carbonyl (C=O) groups excluding carboxylic acids is 1.